The lowest BCUT2D eigenvalue weighted by Gasteiger charge is -2.11. The smallest absolute Gasteiger partial charge is 0.0991 e. The van der Waals surface area contributed by atoms with Gasteiger partial charge in [0.25, 0.3) is 0 Å². The van der Waals surface area contributed by atoms with Gasteiger partial charge in [-0.2, -0.15) is 5.26 Å². The Morgan fingerprint density at radius 2 is 1.67 bits per heavy atom. The second-order valence-corrected chi connectivity index (χ2v) is 5.13. The van der Waals surface area contributed by atoms with E-state index in [0.29, 0.717) is 5.56 Å². The van der Waals surface area contributed by atoms with Crippen LogP contribution in [0.5, 0.6) is 0 Å². The third-order valence-corrected chi connectivity index (χ3v) is 3.61. The van der Waals surface area contributed by atoms with Crippen LogP contribution in [0.2, 0.25) is 0 Å². The Morgan fingerprint density at radius 1 is 0.952 bits per heavy atom. The number of hydrogen-bond acceptors (Lipinski definition) is 1. The van der Waals surface area contributed by atoms with Crippen molar-refractivity contribution < 1.29 is 0 Å². The summed E-state index contributed by atoms with van der Waals surface area (Å²) in [5.74, 6) is 2.71. The molecule has 0 unspecified atom stereocenters. The zero-order valence-corrected chi connectivity index (χ0v) is 12.4. The average Bonchev–Trinajstić information content (AvgIpc) is 2.54. The van der Waals surface area contributed by atoms with Gasteiger partial charge < -0.3 is 0 Å². The third-order valence-electron chi connectivity index (χ3n) is 3.61. The first-order valence-electron chi connectivity index (χ1n) is 7.34. The van der Waals surface area contributed by atoms with Gasteiger partial charge in [-0.1, -0.05) is 43.7 Å². The van der Waals surface area contributed by atoms with Crippen molar-refractivity contribution in [1.29, 1.82) is 5.26 Å². The van der Waals surface area contributed by atoms with E-state index in [4.69, 9.17) is 11.7 Å². The Hall–Kier alpha value is -2.51. The molecule has 1 heteroatoms. The highest BCUT2D eigenvalue weighted by Crippen LogP contribution is 2.24. The molecule has 1 nitrogen and oxygen atoms in total. The molecule has 0 spiro atoms. The lowest BCUT2D eigenvalue weighted by Crippen LogP contribution is -1.95. The van der Waals surface area contributed by atoms with E-state index in [2.05, 4.69) is 37.1 Å². The van der Waals surface area contributed by atoms with E-state index >= 15 is 0 Å². The molecular weight excluding hydrogens is 254 g/mol. The zero-order valence-electron chi connectivity index (χ0n) is 12.4. The van der Waals surface area contributed by atoms with Crippen molar-refractivity contribution >= 4 is 0 Å². The SMILES string of the molecule is C#CCCc1ccc(-c2ccc(C#N)cc2)cc1CCC. The van der Waals surface area contributed by atoms with Gasteiger partial charge in [-0.15, -0.1) is 12.3 Å². The molecule has 0 amide bonds. The number of hydrogen-bond donors (Lipinski definition) is 0. The van der Waals surface area contributed by atoms with Gasteiger partial charge in [0.15, 0.2) is 0 Å². The lowest BCUT2D eigenvalue weighted by atomic mass is 9.94. The van der Waals surface area contributed by atoms with Crippen LogP contribution in [-0.2, 0) is 12.8 Å². The van der Waals surface area contributed by atoms with E-state index in [0.717, 1.165) is 31.2 Å². The molecule has 104 valence electrons. The normalized spacial score (nSPS) is 9.86. The van der Waals surface area contributed by atoms with Crippen LogP contribution < -0.4 is 0 Å². The Morgan fingerprint density at radius 3 is 2.29 bits per heavy atom. The highest BCUT2D eigenvalue weighted by molar-refractivity contribution is 5.65. The van der Waals surface area contributed by atoms with E-state index < -0.39 is 0 Å². The molecule has 0 aliphatic heterocycles. The number of benzene rings is 2. The molecule has 0 saturated heterocycles. The van der Waals surface area contributed by atoms with E-state index in [1.807, 2.05) is 24.3 Å². The van der Waals surface area contributed by atoms with Gasteiger partial charge in [-0.25, -0.2) is 0 Å². The van der Waals surface area contributed by atoms with Gasteiger partial charge >= 0.3 is 0 Å². The van der Waals surface area contributed by atoms with E-state index in [9.17, 15) is 0 Å². The van der Waals surface area contributed by atoms with Gasteiger partial charge in [-0.3, -0.25) is 0 Å². The van der Waals surface area contributed by atoms with Crippen LogP contribution in [0.15, 0.2) is 42.5 Å². The molecule has 2 aromatic rings. The minimum Gasteiger partial charge on any atom is -0.192 e. The standard InChI is InChI=1S/C20H19N/c1-3-5-7-17-12-13-20(14-19(17)6-4-2)18-10-8-16(15-21)9-11-18/h1,8-14H,4-7H2,2H3. The van der Waals surface area contributed by atoms with Crippen molar-refractivity contribution in [3.8, 4) is 29.5 Å². The molecule has 0 aliphatic rings. The van der Waals surface area contributed by atoms with Crippen molar-refractivity contribution in [2.75, 3.05) is 0 Å². The third kappa shape index (κ3) is 3.74. The topological polar surface area (TPSA) is 23.8 Å². The van der Waals surface area contributed by atoms with Crippen molar-refractivity contribution in [3.05, 3.63) is 59.2 Å². The summed E-state index contributed by atoms with van der Waals surface area (Å²) < 4.78 is 0. The first-order chi connectivity index (χ1) is 10.3. The maximum absolute atomic E-state index is 8.87. The number of rotatable bonds is 5. The molecule has 0 N–H and O–H groups in total. The zero-order chi connectivity index (χ0) is 15.1. The largest absolute Gasteiger partial charge is 0.192 e. The van der Waals surface area contributed by atoms with Crippen LogP contribution in [0, 0.1) is 23.7 Å². The number of aryl methyl sites for hydroxylation is 2. The van der Waals surface area contributed by atoms with Crippen molar-refractivity contribution in [1.82, 2.24) is 0 Å². The summed E-state index contributed by atoms with van der Waals surface area (Å²) in [6.45, 7) is 2.19. The number of nitrogens with zero attached hydrogens (tertiary/aromatic N) is 1. The molecule has 0 aromatic heterocycles. The summed E-state index contributed by atoms with van der Waals surface area (Å²) in [6.07, 6.45) is 9.30. The van der Waals surface area contributed by atoms with Gasteiger partial charge in [-0.05, 0) is 47.2 Å². The number of nitriles is 1. The Kier molecular flexibility index (Phi) is 5.19. The fraction of sp³-hybridized carbons (Fsp3) is 0.250. The summed E-state index contributed by atoms with van der Waals surface area (Å²) in [5.41, 5.74) is 5.78. The van der Waals surface area contributed by atoms with Crippen LogP contribution in [0.4, 0.5) is 0 Å². The maximum Gasteiger partial charge on any atom is 0.0991 e. The highest BCUT2D eigenvalue weighted by atomic mass is 14.2. The van der Waals surface area contributed by atoms with Gasteiger partial charge in [0.1, 0.15) is 0 Å². The number of terminal acetylenes is 1. The van der Waals surface area contributed by atoms with Crippen LogP contribution >= 0.6 is 0 Å². The Balaban J connectivity index is 2.34. The molecule has 21 heavy (non-hydrogen) atoms. The molecule has 2 aromatic carbocycles. The average molecular weight is 273 g/mol. The van der Waals surface area contributed by atoms with E-state index in [1.54, 1.807) is 0 Å². The molecule has 0 radical (unpaired) electrons. The summed E-state index contributed by atoms with van der Waals surface area (Å²) in [4.78, 5) is 0. The van der Waals surface area contributed by atoms with Crippen LogP contribution in [0.1, 0.15) is 36.5 Å². The van der Waals surface area contributed by atoms with Crippen LogP contribution in [0.3, 0.4) is 0 Å². The van der Waals surface area contributed by atoms with E-state index in [-0.39, 0.29) is 0 Å². The Labute approximate surface area is 127 Å². The second-order valence-electron chi connectivity index (χ2n) is 5.13. The predicted molar refractivity (Wildman–Crippen MR) is 87.7 cm³/mol. The minimum atomic E-state index is 0.693. The molecular formula is C20H19N. The van der Waals surface area contributed by atoms with Crippen molar-refractivity contribution in [3.63, 3.8) is 0 Å². The maximum atomic E-state index is 8.87. The quantitative estimate of drug-likeness (QED) is 0.722. The molecule has 0 fully saturated rings. The molecule has 2 rings (SSSR count). The summed E-state index contributed by atoms with van der Waals surface area (Å²) in [5, 5.41) is 8.87. The molecule has 0 aliphatic carbocycles. The fourth-order valence-electron chi connectivity index (χ4n) is 2.50. The predicted octanol–water partition coefficient (Wildman–Crippen LogP) is 4.74. The molecule has 0 heterocycles. The van der Waals surface area contributed by atoms with Crippen molar-refractivity contribution in [2.45, 2.75) is 32.6 Å². The van der Waals surface area contributed by atoms with Gasteiger partial charge in [0.05, 0.1) is 11.6 Å². The lowest BCUT2D eigenvalue weighted by molar-refractivity contribution is 0.889. The minimum absolute atomic E-state index is 0.693. The summed E-state index contributed by atoms with van der Waals surface area (Å²) >= 11 is 0. The molecule has 0 atom stereocenters. The van der Waals surface area contributed by atoms with E-state index in [1.165, 1.54) is 16.7 Å². The Bertz CT molecular complexity index is 681. The van der Waals surface area contributed by atoms with Gasteiger partial charge in [0, 0.05) is 6.42 Å². The summed E-state index contributed by atoms with van der Waals surface area (Å²) in [7, 11) is 0. The highest BCUT2D eigenvalue weighted by Gasteiger charge is 2.05. The molecule has 0 saturated carbocycles. The fourth-order valence-corrected chi connectivity index (χ4v) is 2.50. The van der Waals surface area contributed by atoms with Crippen LogP contribution in [-0.4, -0.2) is 0 Å². The monoisotopic (exact) mass is 273 g/mol. The first kappa shape index (κ1) is 14.9. The van der Waals surface area contributed by atoms with Crippen molar-refractivity contribution in [2.24, 2.45) is 0 Å². The van der Waals surface area contributed by atoms with Gasteiger partial charge in [0.2, 0.25) is 0 Å². The second kappa shape index (κ2) is 7.32. The summed E-state index contributed by atoms with van der Waals surface area (Å²) in [6, 6.07) is 16.5. The molecule has 0 bridgehead atoms. The van der Waals surface area contributed by atoms with Crippen LogP contribution in [0.25, 0.3) is 11.1 Å². The first-order valence-corrected chi connectivity index (χ1v) is 7.34.